The van der Waals surface area contributed by atoms with Crippen LogP contribution in [0.25, 0.3) is 11.1 Å². The molecular weight excluding hydrogens is 272 g/mol. The smallest absolute Gasteiger partial charge is 0.308 e. The molecule has 21 heavy (non-hydrogen) atoms. The van der Waals surface area contributed by atoms with Crippen molar-refractivity contribution in [2.45, 2.75) is 19.8 Å². The summed E-state index contributed by atoms with van der Waals surface area (Å²) in [6.07, 6.45) is 1.31. The molecule has 0 aromatic carbocycles. The van der Waals surface area contributed by atoms with E-state index >= 15 is 0 Å². The third-order valence-electron chi connectivity index (χ3n) is 3.78. The van der Waals surface area contributed by atoms with Crippen LogP contribution in [0.2, 0.25) is 0 Å². The average Bonchev–Trinajstić information content (AvgIpc) is 2.89. The molecular formula is C15H16N2O4. The van der Waals surface area contributed by atoms with E-state index in [9.17, 15) is 9.59 Å². The molecule has 0 saturated carbocycles. The molecule has 1 fully saturated rings. The second-order valence-electron chi connectivity index (χ2n) is 5.38. The van der Waals surface area contributed by atoms with Gasteiger partial charge in [0.15, 0.2) is 11.3 Å². The number of nitrogens with zero attached hydrogens (tertiary/aromatic N) is 2. The number of likely N-dealkylation sites (tertiary alicyclic amines) is 1. The second-order valence-corrected chi connectivity index (χ2v) is 5.38. The number of fused-ring (bicyclic) bond motifs is 1. The Labute approximate surface area is 121 Å². The molecule has 2 aromatic rings. The lowest BCUT2D eigenvalue weighted by Gasteiger charge is -2.29. The summed E-state index contributed by atoms with van der Waals surface area (Å²) in [5.41, 5.74) is 2.06. The molecule has 1 aliphatic heterocycles. The molecule has 6 heteroatoms. The number of rotatable bonds is 2. The Kier molecular flexibility index (Phi) is 3.37. The van der Waals surface area contributed by atoms with Crippen molar-refractivity contribution < 1.29 is 19.1 Å². The van der Waals surface area contributed by atoms with Gasteiger partial charge in [0.05, 0.1) is 5.92 Å². The monoisotopic (exact) mass is 288 g/mol. The van der Waals surface area contributed by atoms with Crippen molar-refractivity contribution in [1.82, 2.24) is 9.88 Å². The summed E-state index contributed by atoms with van der Waals surface area (Å²) < 4.78 is 5.53. The summed E-state index contributed by atoms with van der Waals surface area (Å²) in [4.78, 5) is 29.4. The van der Waals surface area contributed by atoms with Gasteiger partial charge < -0.3 is 14.4 Å². The summed E-state index contributed by atoms with van der Waals surface area (Å²) in [5, 5.41) is 9.08. The van der Waals surface area contributed by atoms with Gasteiger partial charge in [-0.1, -0.05) is 0 Å². The Morgan fingerprint density at radius 3 is 3.00 bits per heavy atom. The highest BCUT2D eigenvalue weighted by atomic mass is 16.4. The van der Waals surface area contributed by atoms with Gasteiger partial charge in [0, 0.05) is 24.8 Å². The van der Waals surface area contributed by atoms with E-state index < -0.39 is 11.9 Å². The van der Waals surface area contributed by atoms with E-state index in [0.717, 1.165) is 5.69 Å². The number of pyridine rings is 1. The van der Waals surface area contributed by atoms with Crippen LogP contribution in [-0.2, 0) is 4.79 Å². The van der Waals surface area contributed by atoms with Gasteiger partial charge in [-0.15, -0.1) is 0 Å². The molecule has 1 atom stereocenters. The number of furan rings is 1. The predicted molar refractivity (Wildman–Crippen MR) is 75.0 cm³/mol. The van der Waals surface area contributed by atoms with Gasteiger partial charge in [0.25, 0.3) is 5.91 Å². The quantitative estimate of drug-likeness (QED) is 0.914. The minimum absolute atomic E-state index is 0.217. The molecule has 0 spiro atoms. The van der Waals surface area contributed by atoms with Crippen LogP contribution in [0.3, 0.4) is 0 Å². The third kappa shape index (κ3) is 2.61. The van der Waals surface area contributed by atoms with Gasteiger partial charge in [-0.25, -0.2) is 4.98 Å². The fourth-order valence-electron chi connectivity index (χ4n) is 2.65. The van der Waals surface area contributed by atoms with Crippen LogP contribution in [0.15, 0.2) is 22.6 Å². The van der Waals surface area contributed by atoms with Gasteiger partial charge >= 0.3 is 5.97 Å². The van der Waals surface area contributed by atoms with Crippen LogP contribution < -0.4 is 0 Å². The van der Waals surface area contributed by atoms with Crippen molar-refractivity contribution in [3.05, 3.63) is 29.7 Å². The standard InChI is InChI=1S/C15H16N2O4/c1-9-4-5-12-11(16-9)7-13(21-12)14(18)17-6-2-3-10(8-17)15(19)20/h4-5,7,10H,2-3,6,8H2,1H3,(H,19,20)/t10-/m1/s1. The number of hydrogen-bond donors (Lipinski definition) is 1. The molecule has 3 heterocycles. The SMILES string of the molecule is Cc1ccc2oc(C(=O)N3CCC[C@@H](C(=O)O)C3)cc2n1. The summed E-state index contributed by atoms with van der Waals surface area (Å²) in [6.45, 7) is 2.67. The molecule has 1 saturated heterocycles. The molecule has 2 aromatic heterocycles. The van der Waals surface area contributed by atoms with Crippen LogP contribution in [0.5, 0.6) is 0 Å². The molecule has 6 nitrogen and oxygen atoms in total. The van der Waals surface area contributed by atoms with E-state index in [1.807, 2.05) is 13.0 Å². The normalized spacial score (nSPS) is 18.9. The van der Waals surface area contributed by atoms with Crippen LogP contribution in [-0.4, -0.2) is 40.0 Å². The highest BCUT2D eigenvalue weighted by Gasteiger charge is 2.30. The third-order valence-corrected chi connectivity index (χ3v) is 3.78. The first kappa shape index (κ1) is 13.6. The zero-order valence-electron chi connectivity index (χ0n) is 11.7. The molecule has 1 amide bonds. The largest absolute Gasteiger partial charge is 0.481 e. The molecule has 110 valence electrons. The maximum Gasteiger partial charge on any atom is 0.308 e. The van der Waals surface area contributed by atoms with Gasteiger partial charge in [0.1, 0.15) is 5.52 Å². The fourth-order valence-corrected chi connectivity index (χ4v) is 2.65. The Balaban J connectivity index is 1.84. The molecule has 1 N–H and O–H groups in total. The first-order valence-electron chi connectivity index (χ1n) is 6.94. The van der Waals surface area contributed by atoms with Crippen LogP contribution in [0.1, 0.15) is 29.1 Å². The van der Waals surface area contributed by atoms with E-state index in [4.69, 9.17) is 9.52 Å². The molecule has 0 radical (unpaired) electrons. The predicted octanol–water partition coefficient (Wildman–Crippen LogP) is 2.07. The van der Waals surface area contributed by atoms with Crippen LogP contribution >= 0.6 is 0 Å². The number of amides is 1. The Morgan fingerprint density at radius 1 is 1.43 bits per heavy atom. The van der Waals surface area contributed by atoms with Crippen molar-refractivity contribution in [2.24, 2.45) is 5.92 Å². The van der Waals surface area contributed by atoms with E-state index in [1.54, 1.807) is 17.0 Å². The Hall–Kier alpha value is -2.37. The van der Waals surface area contributed by atoms with Gasteiger partial charge in [-0.3, -0.25) is 9.59 Å². The Bertz CT molecular complexity index is 707. The lowest BCUT2D eigenvalue weighted by molar-refractivity contribution is -0.143. The van der Waals surface area contributed by atoms with Crippen molar-refractivity contribution in [3.63, 3.8) is 0 Å². The Morgan fingerprint density at radius 2 is 2.24 bits per heavy atom. The first-order valence-corrected chi connectivity index (χ1v) is 6.94. The number of carboxylic acid groups (broad SMARTS) is 1. The highest BCUT2D eigenvalue weighted by molar-refractivity contribution is 5.95. The topological polar surface area (TPSA) is 83.6 Å². The minimum atomic E-state index is -0.852. The van der Waals surface area contributed by atoms with E-state index in [2.05, 4.69) is 4.98 Å². The van der Waals surface area contributed by atoms with Crippen LogP contribution in [0, 0.1) is 12.8 Å². The molecule has 0 unspecified atom stereocenters. The van der Waals surface area contributed by atoms with E-state index in [1.165, 1.54) is 0 Å². The van der Waals surface area contributed by atoms with Gasteiger partial charge in [-0.2, -0.15) is 0 Å². The summed E-state index contributed by atoms with van der Waals surface area (Å²) in [6, 6.07) is 5.22. The molecule has 1 aliphatic rings. The van der Waals surface area contributed by atoms with E-state index in [0.29, 0.717) is 30.5 Å². The molecule has 3 rings (SSSR count). The number of piperidine rings is 1. The van der Waals surface area contributed by atoms with E-state index in [-0.39, 0.29) is 18.2 Å². The number of aromatic nitrogens is 1. The fraction of sp³-hybridized carbons (Fsp3) is 0.400. The zero-order valence-corrected chi connectivity index (χ0v) is 11.7. The molecule has 0 bridgehead atoms. The summed E-state index contributed by atoms with van der Waals surface area (Å²) >= 11 is 0. The maximum atomic E-state index is 12.4. The van der Waals surface area contributed by atoms with Gasteiger partial charge in [-0.05, 0) is 31.9 Å². The number of hydrogen-bond acceptors (Lipinski definition) is 4. The summed E-state index contributed by atoms with van der Waals surface area (Å²) in [5.74, 6) is -1.40. The zero-order chi connectivity index (χ0) is 15.0. The molecule has 0 aliphatic carbocycles. The average molecular weight is 288 g/mol. The van der Waals surface area contributed by atoms with Crippen molar-refractivity contribution in [2.75, 3.05) is 13.1 Å². The number of carbonyl (C=O) groups excluding carboxylic acids is 1. The highest BCUT2D eigenvalue weighted by Crippen LogP contribution is 2.22. The number of carbonyl (C=O) groups is 2. The lowest BCUT2D eigenvalue weighted by atomic mass is 9.98. The van der Waals surface area contributed by atoms with Crippen molar-refractivity contribution in [1.29, 1.82) is 0 Å². The second kappa shape index (κ2) is 5.20. The van der Waals surface area contributed by atoms with Crippen molar-refractivity contribution >= 4 is 23.0 Å². The van der Waals surface area contributed by atoms with Crippen molar-refractivity contribution in [3.8, 4) is 0 Å². The lowest BCUT2D eigenvalue weighted by Crippen LogP contribution is -2.42. The summed E-state index contributed by atoms with van der Waals surface area (Å²) in [7, 11) is 0. The van der Waals surface area contributed by atoms with Gasteiger partial charge in [0.2, 0.25) is 0 Å². The maximum absolute atomic E-state index is 12.4. The first-order chi connectivity index (χ1) is 10.0. The number of aliphatic carboxylic acids is 1. The number of carboxylic acids is 1. The number of aryl methyl sites for hydroxylation is 1. The van der Waals surface area contributed by atoms with Crippen LogP contribution in [0.4, 0.5) is 0 Å². The minimum Gasteiger partial charge on any atom is -0.481 e.